The number of cyclic esters (lactones) is 1. The second-order valence-electron chi connectivity index (χ2n) is 4.55. The Hall–Kier alpha value is -0.570. The van der Waals surface area contributed by atoms with Crippen LogP contribution >= 0.6 is 0 Å². The zero-order valence-electron chi connectivity index (χ0n) is 10.3. The fourth-order valence-electron chi connectivity index (χ4n) is 1.98. The molecule has 1 N–H and O–H groups in total. The largest absolute Gasteiger partial charge is 0.466 e. The van der Waals surface area contributed by atoms with E-state index in [9.17, 15) is 4.79 Å². The molecule has 0 radical (unpaired) electrons. The molecule has 0 aromatic heterocycles. The Morgan fingerprint density at radius 1 is 0.812 bits per heavy atom. The lowest BCUT2D eigenvalue weighted by Crippen LogP contribution is -2.18. The van der Waals surface area contributed by atoms with Crippen LogP contribution in [0.3, 0.4) is 0 Å². The van der Waals surface area contributed by atoms with Crippen LogP contribution in [0.25, 0.3) is 0 Å². The number of carbonyl (C=O) groups excluding carboxylic acids is 1. The quantitative estimate of drug-likeness (QED) is 0.647. The third-order valence-corrected chi connectivity index (χ3v) is 3.00. The number of ether oxygens (including phenoxy) is 1. The average Bonchev–Trinajstić information content (AvgIpc) is 2.29. The molecule has 0 unspecified atom stereocenters. The van der Waals surface area contributed by atoms with E-state index in [-0.39, 0.29) is 5.97 Å². The van der Waals surface area contributed by atoms with Gasteiger partial charge in [0.1, 0.15) is 0 Å². The lowest BCUT2D eigenvalue weighted by Gasteiger charge is -2.04. The molecular weight excluding hydrogens is 202 g/mol. The third-order valence-electron chi connectivity index (χ3n) is 3.00. The molecule has 0 aromatic rings. The van der Waals surface area contributed by atoms with E-state index in [1.165, 1.54) is 38.5 Å². The second kappa shape index (κ2) is 9.64. The van der Waals surface area contributed by atoms with Crippen LogP contribution in [0.4, 0.5) is 0 Å². The molecule has 0 spiro atoms. The summed E-state index contributed by atoms with van der Waals surface area (Å²) in [5, 5.41) is 3.37. The summed E-state index contributed by atoms with van der Waals surface area (Å²) in [4.78, 5) is 11.3. The van der Waals surface area contributed by atoms with Crippen LogP contribution in [0, 0.1) is 0 Å². The van der Waals surface area contributed by atoms with Crippen LogP contribution in [-0.2, 0) is 9.53 Å². The standard InChI is InChI=1S/C13H25NO2/c15-13-9-8-11-14-10-6-4-2-1-3-5-7-12-16-13/h14H,1-12H2. The number of carbonyl (C=O) groups is 1. The minimum absolute atomic E-state index is 0.0309. The van der Waals surface area contributed by atoms with Crippen LogP contribution < -0.4 is 5.32 Å². The first-order chi connectivity index (χ1) is 7.89. The van der Waals surface area contributed by atoms with E-state index in [1.54, 1.807) is 0 Å². The van der Waals surface area contributed by atoms with E-state index in [0.717, 1.165) is 25.9 Å². The van der Waals surface area contributed by atoms with E-state index in [0.29, 0.717) is 13.0 Å². The van der Waals surface area contributed by atoms with Gasteiger partial charge in [-0.25, -0.2) is 0 Å². The second-order valence-corrected chi connectivity index (χ2v) is 4.55. The highest BCUT2D eigenvalue weighted by Gasteiger charge is 2.02. The molecule has 3 nitrogen and oxygen atoms in total. The first-order valence-electron chi connectivity index (χ1n) is 6.76. The number of nitrogens with one attached hydrogen (secondary N) is 1. The Morgan fingerprint density at radius 3 is 2.25 bits per heavy atom. The Bertz CT molecular complexity index is 165. The Labute approximate surface area is 98.9 Å². The fraction of sp³-hybridized carbons (Fsp3) is 0.923. The Kier molecular flexibility index (Phi) is 8.13. The van der Waals surface area contributed by atoms with Crippen LogP contribution in [-0.4, -0.2) is 25.7 Å². The molecule has 1 fully saturated rings. The van der Waals surface area contributed by atoms with Crippen molar-refractivity contribution in [3.05, 3.63) is 0 Å². The van der Waals surface area contributed by atoms with Crippen LogP contribution in [0.2, 0.25) is 0 Å². The van der Waals surface area contributed by atoms with E-state index in [1.807, 2.05) is 0 Å². The van der Waals surface area contributed by atoms with Crippen molar-refractivity contribution >= 4 is 5.97 Å². The van der Waals surface area contributed by atoms with Crippen LogP contribution in [0.1, 0.15) is 57.8 Å². The summed E-state index contributed by atoms with van der Waals surface area (Å²) >= 11 is 0. The van der Waals surface area contributed by atoms with Gasteiger partial charge in [-0.3, -0.25) is 4.79 Å². The van der Waals surface area contributed by atoms with Crippen LogP contribution in [0.5, 0.6) is 0 Å². The SMILES string of the molecule is O=C1CCCNCCCCCCCCCO1. The molecule has 0 saturated carbocycles. The Morgan fingerprint density at radius 2 is 1.44 bits per heavy atom. The fourth-order valence-corrected chi connectivity index (χ4v) is 1.98. The summed E-state index contributed by atoms with van der Waals surface area (Å²) in [7, 11) is 0. The van der Waals surface area contributed by atoms with Gasteiger partial charge >= 0.3 is 5.97 Å². The molecule has 16 heavy (non-hydrogen) atoms. The maximum absolute atomic E-state index is 11.3. The minimum Gasteiger partial charge on any atom is -0.466 e. The molecule has 1 aliphatic heterocycles. The molecule has 3 heteroatoms. The number of esters is 1. The first kappa shape index (κ1) is 13.5. The van der Waals surface area contributed by atoms with Crippen molar-refractivity contribution in [2.45, 2.75) is 57.8 Å². The summed E-state index contributed by atoms with van der Waals surface area (Å²) in [6.45, 7) is 2.65. The van der Waals surface area contributed by atoms with Gasteiger partial charge in [0, 0.05) is 6.42 Å². The summed E-state index contributed by atoms with van der Waals surface area (Å²) in [6.07, 6.45) is 10.3. The predicted molar refractivity (Wildman–Crippen MR) is 65.4 cm³/mol. The molecule has 1 rings (SSSR count). The lowest BCUT2D eigenvalue weighted by molar-refractivity contribution is -0.143. The monoisotopic (exact) mass is 227 g/mol. The molecule has 0 aliphatic carbocycles. The van der Waals surface area contributed by atoms with Gasteiger partial charge in [-0.05, 0) is 32.4 Å². The van der Waals surface area contributed by atoms with Crippen LogP contribution in [0.15, 0.2) is 0 Å². The molecule has 94 valence electrons. The summed E-state index contributed by atoms with van der Waals surface area (Å²) < 4.78 is 5.15. The summed E-state index contributed by atoms with van der Waals surface area (Å²) in [5.41, 5.74) is 0. The van der Waals surface area contributed by atoms with Gasteiger partial charge in [-0.1, -0.05) is 32.1 Å². The van der Waals surface area contributed by atoms with Crippen molar-refractivity contribution in [3.63, 3.8) is 0 Å². The summed E-state index contributed by atoms with van der Waals surface area (Å²) in [6, 6.07) is 0. The highest BCUT2D eigenvalue weighted by atomic mass is 16.5. The van der Waals surface area contributed by atoms with E-state index in [4.69, 9.17) is 4.74 Å². The average molecular weight is 227 g/mol. The molecule has 0 amide bonds. The van der Waals surface area contributed by atoms with Crippen molar-refractivity contribution in [1.29, 1.82) is 0 Å². The predicted octanol–water partition coefficient (Wildman–Crippen LogP) is 2.64. The third kappa shape index (κ3) is 7.69. The molecular formula is C13H25NO2. The van der Waals surface area contributed by atoms with Gasteiger partial charge in [0.2, 0.25) is 0 Å². The Balaban J connectivity index is 2.13. The van der Waals surface area contributed by atoms with E-state index >= 15 is 0 Å². The molecule has 0 atom stereocenters. The number of hydrogen-bond acceptors (Lipinski definition) is 3. The zero-order chi connectivity index (χ0) is 11.5. The van der Waals surface area contributed by atoms with Gasteiger partial charge in [0.15, 0.2) is 0 Å². The van der Waals surface area contributed by atoms with Crippen molar-refractivity contribution in [3.8, 4) is 0 Å². The summed E-state index contributed by atoms with van der Waals surface area (Å²) in [5.74, 6) is -0.0309. The van der Waals surface area contributed by atoms with Crippen molar-refractivity contribution in [1.82, 2.24) is 5.32 Å². The molecule has 1 aliphatic rings. The number of hydrogen-bond donors (Lipinski definition) is 1. The van der Waals surface area contributed by atoms with Crippen molar-refractivity contribution < 1.29 is 9.53 Å². The highest BCUT2D eigenvalue weighted by Crippen LogP contribution is 2.07. The maximum atomic E-state index is 11.3. The van der Waals surface area contributed by atoms with Gasteiger partial charge in [0.25, 0.3) is 0 Å². The first-order valence-corrected chi connectivity index (χ1v) is 6.76. The highest BCUT2D eigenvalue weighted by molar-refractivity contribution is 5.69. The molecule has 1 heterocycles. The van der Waals surface area contributed by atoms with Crippen molar-refractivity contribution in [2.24, 2.45) is 0 Å². The maximum Gasteiger partial charge on any atom is 0.305 e. The smallest absolute Gasteiger partial charge is 0.305 e. The molecule has 1 saturated heterocycles. The van der Waals surface area contributed by atoms with Gasteiger partial charge in [-0.2, -0.15) is 0 Å². The van der Waals surface area contributed by atoms with E-state index in [2.05, 4.69) is 5.32 Å². The topological polar surface area (TPSA) is 38.3 Å². The van der Waals surface area contributed by atoms with Gasteiger partial charge in [0.05, 0.1) is 6.61 Å². The number of rotatable bonds is 0. The van der Waals surface area contributed by atoms with Gasteiger partial charge < -0.3 is 10.1 Å². The molecule has 0 bridgehead atoms. The minimum atomic E-state index is -0.0309. The van der Waals surface area contributed by atoms with Crippen molar-refractivity contribution in [2.75, 3.05) is 19.7 Å². The zero-order valence-corrected chi connectivity index (χ0v) is 10.3. The molecule has 0 aromatic carbocycles. The lowest BCUT2D eigenvalue weighted by atomic mass is 10.1. The van der Waals surface area contributed by atoms with Gasteiger partial charge in [-0.15, -0.1) is 0 Å². The normalized spacial score (nSPS) is 22.9. The van der Waals surface area contributed by atoms with E-state index < -0.39 is 0 Å².